The molecule has 0 amide bonds. The first-order valence-corrected chi connectivity index (χ1v) is 5.83. The van der Waals surface area contributed by atoms with E-state index in [-0.39, 0.29) is 0 Å². The van der Waals surface area contributed by atoms with Crippen LogP contribution < -0.4 is 0 Å². The first kappa shape index (κ1) is 11.6. The molecule has 1 aliphatic rings. The van der Waals surface area contributed by atoms with E-state index in [1.807, 2.05) is 0 Å². The van der Waals surface area contributed by atoms with Crippen LogP contribution in [0, 0.1) is 17.3 Å². The van der Waals surface area contributed by atoms with Gasteiger partial charge in [0.15, 0.2) is 0 Å². The molecule has 0 bridgehead atoms. The van der Waals surface area contributed by atoms with E-state index < -0.39 is 0 Å². The van der Waals surface area contributed by atoms with Crippen LogP contribution >= 0.6 is 0 Å². The van der Waals surface area contributed by atoms with E-state index in [0.29, 0.717) is 11.3 Å². The SMILES string of the molecule is C=CC1CC=CC(C(C)(C)C)CCC1. The van der Waals surface area contributed by atoms with E-state index >= 15 is 0 Å². The molecule has 0 aromatic carbocycles. The third-order valence-corrected chi connectivity index (χ3v) is 3.34. The average molecular weight is 192 g/mol. The maximum Gasteiger partial charge on any atom is -0.0185 e. The average Bonchev–Trinajstić information content (AvgIpc) is 2.01. The molecule has 1 rings (SSSR count). The van der Waals surface area contributed by atoms with Gasteiger partial charge in [0.2, 0.25) is 0 Å². The summed E-state index contributed by atoms with van der Waals surface area (Å²) in [6, 6.07) is 0. The Morgan fingerprint density at radius 2 is 2.00 bits per heavy atom. The summed E-state index contributed by atoms with van der Waals surface area (Å²) in [4.78, 5) is 0. The lowest BCUT2D eigenvalue weighted by atomic mass is 9.76. The van der Waals surface area contributed by atoms with Gasteiger partial charge in [0, 0.05) is 0 Å². The highest BCUT2D eigenvalue weighted by molar-refractivity contribution is 4.98. The first-order chi connectivity index (χ1) is 6.54. The molecular formula is C14H24. The summed E-state index contributed by atoms with van der Waals surface area (Å²) in [6.45, 7) is 10.9. The maximum atomic E-state index is 3.89. The molecule has 80 valence electrons. The Morgan fingerprint density at radius 1 is 1.29 bits per heavy atom. The van der Waals surface area contributed by atoms with E-state index in [4.69, 9.17) is 0 Å². The highest BCUT2D eigenvalue weighted by atomic mass is 14.3. The number of allylic oxidation sites excluding steroid dienone is 3. The molecule has 0 aromatic heterocycles. The molecule has 0 aromatic rings. The molecule has 0 nitrogen and oxygen atoms in total. The summed E-state index contributed by atoms with van der Waals surface area (Å²) < 4.78 is 0. The number of rotatable bonds is 1. The Kier molecular flexibility index (Phi) is 3.97. The van der Waals surface area contributed by atoms with Crippen LogP contribution in [0.15, 0.2) is 24.8 Å². The highest BCUT2D eigenvalue weighted by Gasteiger charge is 2.22. The van der Waals surface area contributed by atoms with Crippen molar-refractivity contribution < 1.29 is 0 Å². The molecule has 0 saturated carbocycles. The molecule has 0 saturated heterocycles. The molecule has 14 heavy (non-hydrogen) atoms. The van der Waals surface area contributed by atoms with E-state index in [2.05, 4.69) is 45.6 Å². The largest absolute Gasteiger partial charge is 0.103 e. The second-order valence-corrected chi connectivity index (χ2v) is 5.56. The predicted octanol–water partition coefficient (Wildman–Crippen LogP) is 4.58. The van der Waals surface area contributed by atoms with Crippen molar-refractivity contribution >= 4 is 0 Å². The van der Waals surface area contributed by atoms with Gasteiger partial charge in [0.25, 0.3) is 0 Å². The second kappa shape index (κ2) is 4.82. The Bertz CT molecular complexity index is 205. The van der Waals surface area contributed by atoms with Crippen LogP contribution in [-0.2, 0) is 0 Å². The first-order valence-electron chi connectivity index (χ1n) is 5.83. The fraction of sp³-hybridized carbons (Fsp3) is 0.714. The van der Waals surface area contributed by atoms with Crippen molar-refractivity contribution in [1.29, 1.82) is 0 Å². The molecule has 0 radical (unpaired) electrons. The minimum absolute atomic E-state index is 0.428. The molecule has 0 spiro atoms. The third-order valence-electron chi connectivity index (χ3n) is 3.34. The van der Waals surface area contributed by atoms with Gasteiger partial charge in [-0.15, -0.1) is 6.58 Å². The van der Waals surface area contributed by atoms with Gasteiger partial charge in [-0.2, -0.15) is 0 Å². The lowest BCUT2D eigenvalue weighted by Gasteiger charge is -2.30. The maximum absolute atomic E-state index is 3.89. The fourth-order valence-corrected chi connectivity index (χ4v) is 2.17. The molecule has 2 atom stereocenters. The quantitative estimate of drug-likeness (QED) is 0.533. The molecule has 0 heteroatoms. The summed E-state index contributed by atoms with van der Waals surface area (Å²) in [5.74, 6) is 1.47. The standard InChI is InChI=1S/C14H24/c1-5-12-8-6-10-13(11-7-9-12)14(2,3)4/h5-6,10,12-13H,1,7-9,11H2,2-4H3. The Morgan fingerprint density at radius 3 is 2.57 bits per heavy atom. The zero-order valence-corrected chi connectivity index (χ0v) is 9.92. The van der Waals surface area contributed by atoms with E-state index in [9.17, 15) is 0 Å². The van der Waals surface area contributed by atoms with Crippen molar-refractivity contribution in [2.75, 3.05) is 0 Å². The Labute approximate surface area is 89.1 Å². The Balaban J connectivity index is 2.60. The lowest BCUT2D eigenvalue weighted by molar-refractivity contribution is 0.264. The smallest absolute Gasteiger partial charge is 0.0185 e. The van der Waals surface area contributed by atoms with Crippen LogP contribution in [0.2, 0.25) is 0 Å². The van der Waals surface area contributed by atoms with Crippen molar-refractivity contribution in [3.8, 4) is 0 Å². The van der Waals surface area contributed by atoms with Crippen LogP contribution in [0.4, 0.5) is 0 Å². The third kappa shape index (κ3) is 3.32. The van der Waals surface area contributed by atoms with Crippen LogP contribution in [0.3, 0.4) is 0 Å². The van der Waals surface area contributed by atoms with Gasteiger partial charge in [0.1, 0.15) is 0 Å². The van der Waals surface area contributed by atoms with Crippen LogP contribution in [-0.4, -0.2) is 0 Å². The number of hydrogen-bond donors (Lipinski definition) is 0. The molecule has 0 aliphatic heterocycles. The van der Waals surface area contributed by atoms with Gasteiger partial charge in [-0.1, -0.05) is 45.4 Å². The molecule has 2 unspecified atom stereocenters. The van der Waals surface area contributed by atoms with Crippen molar-refractivity contribution in [2.45, 2.75) is 46.5 Å². The van der Waals surface area contributed by atoms with Crippen molar-refractivity contribution in [3.63, 3.8) is 0 Å². The van der Waals surface area contributed by atoms with Crippen LogP contribution in [0.1, 0.15) is 46.5 Å². The van der Waals surface area contributed by atoms with Crippen LogP contribution in [0.25, 0.3) is 0 Å². The van der Waals surface area contributed by atoms with E-state index in [1.165, 1.54) is 25.7 Å². The van der Waals surface area contributed by atoms with Gasteiger partial charge < -0.3 is 0 Å². The highest BCUT2D eigenvalue weighted by Crippen LogP contribution is 2.33. The van der Waals surface area contributed by atoms with Crippen LogP contribution in [0.5, 0.6) is 0 Å². The van der Waals surface area contributed by atoms with E-state index in [0.717, 1.165) is 5.92 Å². The van der Waals surface area contributed by atoms with Gasteiger partial charge >= 0.3 is 0 Å². The molecule has 0 N–H and O–H groups in total. The Hall–Kier alpha value is -0.520. The summed E-state index contributed by atoms with van der Waals surface area (Å²) in [6.07, 6.45) is 12.1. The zero-order chi connectivity index (χ0) is 10.6. The minimum atomic E-state index is 0.428. The summed E-state index contributed by atoms with van der Waals surface area (Å²) in [7, 11) is 0. The monoisotopic (exact) mass is 192 g/mol. The zero-order valence-electron chi connectivity index (χ0n) is 9.92. The second-order valence-electron chi connectivity index (χ2n) is 5.56. The minimum Gasteiger partial charge on any atom is -0.103 e. The molecule has 0 heterocycles. The molecule has 1 aliphatic carbocycles. The molecule has 0 fully saturated rings. The van der Waals surface area contributed by atoms with Gasteiger partial charge in [-0.3, -0.25) is 0 Å². The van der Waals surface area contributed by atoms with Gasteiger partial charge in [0.05, 0.1) is 0 Å². The van der Waals surface area contributed by atoms with Crippen molar-refractivity contribution in [1.82, 2.24) is 0 Å². The summed E-state index contributed by atoms with van der Waals surface area (Å²) in [5, 5.41) is 0. The molecular weight excluding hydrogens is 168 g/mol. The topological polar surface area (TPSA) is 0 Å². The summed E-state index contributed by atoms with van der Waals surface area (Å²) in [5.41, 5.74) is 0.428. The van der Waals surface area contributed by atoms with Gasteiger partial charge in [-0.05, 0) is 36.5 Å². The predicted molar refractivity (Wildman–Crippen MR) is 64.2 cm³/mol. The number of hydrogen-bond acceptors (Lipinski definition) is 0. The fourth-order valence-electron chi connectivity index (χ4n) is 2.17. The van der Waals surface area contributed by atoms with E-state index in [1.54, 1.807) is 0 Å². The van der Waals surface area contributed by atoms with Crippen molar-refractivity contribution in [3.05, 3.63) is 24.8 Å². The summed E-state index contributed by atoms with van der Waals surface area (Å²) >= 11 is 0. The lowest BCUT2D eigenvalue weighted by Crippen LogP contribution is -2.19. The van der Waals surface area contributed by atoms with Crippen molar-refractivity contribution in [2.24, 2.45) is 17.3 Å². The normalized spacial score (nSPS) is 29.4. The van der Waals surface area contributed by atoms with Gasteiger partial charge in [-0.25, -0.2) is 0 Å².